The van der Waals surface area contributed by atoms with Gasteiger partial charge in [-0.05, 0) is 6.42 Å². The number of nitrogens with one attached hydrogen (secondary N) is 1. The first kappa shape index (κ1) is 11.6. The largest absolute Gasteiger partial charge is 0.381 e. The predicted molar refractivity (Wildman–Crippen MR) is 67.4 cm³/mol. The smallest absolute Gasteiger partial charge is 0.234 e. The van der Waals surface area contributed by atoms with E-state index in [1.807, 2.05) is 4.52 Å². The van der Waals surface area contributed by atoms with Gasteiger partial charge in [-0.1, -0.05) is 17.3 Å². The SMILES string of the molecule is C#CCNCc1nn2c(C3CCOC3)nnc2s1. The van der Waals surface area contributed by atoms with Gasteiger partial charge in [0.25, 0.3) is 0 Å². The van der Waals surface area contributed by atoms with Gasteiger partial charge in [-0.2, -0.15) is 9.61 Å². The van der Waals surface area contributed by atoms with Crippen LogP contribution < -0.4 is 5.32 Å². The zero-order valence-corrected chi connectivity index (χ0v) is 10.6. The zero-order valence-electron chi connectivity index (χ0n) is 9.80. The zero-order chi connectivity index (χ0) is 12.4. The lowest BCUT2D eigenvalue weighted by Gasteiger charge is -2.01. The Balaban J connectivity index is 1.81. The van der Waals surface area contributed by atoms with Gasteiger partial charge in [-0.3, -0.25) is 5.32 Å². The first-order valence-electron chi connectivity index (χ1n) is 5.81. The molecular formula is C11H13N5OS. The van der Waals surface area contributed by atoms with Crippen LogP contribution in [0, 0.1) is 12.3 Å². The van der Waals surface area contributed by atoms with Crippen molar-refractivity contribution in [2.24, 2.45) is 0 Å². The molecule has 2 aromatic rings. The maximum Gasteiger partial charge on any atom is 0.234 e. The second kappa shape index (κ2) is 5.02. The first-order chi connectivity index (χ1) is 8.88. The summed E-state index contributed by atoms with van der Waals surface area (Å²) in [5.41, 5.74) is 0. The minimum Gasteiger partial charge on any atom is -0.381 e. The van der Waals surface area contributed by atoms with Gasteiger partial charge in [0.15, 0.2) is 5.82 Å². The van der Waals surface area contributed by atoms with Crippen LogP contribution in [0.2, 0.25) is 0 Å². The summed E-state index contributed by atoms with van der Waals surface area (Å²) in [6.45, 7) is 2.71. The van der Waals surface area contributed by atoms with Crippen molar-refractivity contribution in [1.82, 2.24) is 25.1 Å². The fourth-order valence-corrected chi connectivity index (χ4v) is 2.79. The van der Waals surface area contributed by atoms with Crippen LogP contribution in [0.3, 0.4) is 0 Å². The molecule has 6 nitrogen and oxygen atoms in total. The Labute approximate surface area is 108 Å². The third kappa shape index (κ3) is 2.10. The van der Waals surface area contributed by atoms with Gasteiger partial charge in [0, 0.05) is 12.5 Å². The van der Waals surface area contributed by atoms with Crippen LogP contribution in [0.4, 0.5) is 0 Å². The Morgan fingerprint density at radius 3 is 3.28 bits per heavy atom. The summed E-state index contributed by atoms with van der Waals surface area (Å²) in [6, 6.07) is 0. The van der Waals surface area contributed by atoms with Crippen molar-refractivity contribution in [3.8, 4) is 12.3 Å². The Bertz CT molecular complexity index is 578. The van der Waals surface area contributed by atoms with Crippen LogP contribution >= 0.6 is 11.3 Å². The van der Waals surface area contributed by atoms with Crippen molar-refractivity contribution >= 4 is 16.3 Å². The van der Waals surface area contributed by atoms with Crippen molar-refractivity contribution in [3.05, 3.63) is 10.8 Å². The first-order valence-corrected chi connectivity index (χ1v) is 6.63. The molecule has 18 heavy (non-hydrogen) atoms. The number of ether oxygens (including phenoxy) is 1. The Hall–Kier alpha value is -1.49. The van der Waals surface area contributed by atoms with E-state index in [1.165, 1.54) is 11.3 Å². The number of aromatic nitrogens is 4. The minimum atomic E-state index is 0.314. The fraction of sp³-hybridized carbons (Fsp3) is 0.545. The fourth-order valence-electron chi connectivity index (χ4n) is 1.98. The number of hydrogen-bond acceptors (Lipinski definition) is 6. The highest BCUT2D eigenvalue weighted by Gasteiger charge is 2.24. The summed E-state index contributed by atoms with van der Waals surface area (Å²) in [5.74, 6) is 3.75. The molecule has 1 aliphatic heterocycles. The highest BCUT2D eigenvalue weighted by molar-refractivity contribution is 7.16. The predicted octanol–water partition coefficient (Wildman–Crippen LogP) is 0.412. The highest BCUT2D eigenvalue weighted by atomic mass is 32.1. The molecule has 2 aromatic heterocycles. The van der Waals surface area contributed by atoms with Gasteiger partial charge >= 0.3 is 0 Å². The van der Waals surface area contributed by atoms with Crippen LogP contribution in [-0.2, 0) is 11.3 Å². The van der Waals surface area contributed by atoms with Crippen molar-refractivity contribution in [2.45, 2.75) is 18.9 Å². The number of hydrogen-bond donors (Lipinski definition) is 1. The summed E-state index contributed by atoms with van der Waals surface area (Å²) < 4.78 is 7.21. The van der Waals surface area contributed by atoms with E-state index in [-0.39, 0.29) is 0 Å². The number of fused-ring (bicyclic) bond motifs is 1. The molecule has 0 aliphatic carbocycles. The van der Waals surface area contributed by atoms with Crippen molar-refractivity contribution in [2.75, 3.05) is 19.8 Å². The quantitative estimate of drug-likeness (QED) is 0.639. The lowest BCUT2D eigenvalue weighted by atomic mass is 10.1. The molecule has 1 atom stereocenters. The van der Waals surface area contributed by atoms with Gasteiger partial charge in [0.2, 0.25) is 4.96 Å². The monoisotopic (exact) mass is 263 g/mol. The second-order valence-corrected chi connectivity index (χ2v) is 5.16. The Morgan fingerprint density at radius 2 is 2.50 bits per heavy atom. The lowest BCUT2D eigenvalue weighted by Crippen LogP contribution is -2.13. The maximum atomic E-state index is 5.38. The molecule has 0 amide bonds. The lowest BCUT2D eigenvalue weighted by molar-refractivity contribution is 0.193. The summed E-state index contributed by atoms with van der Waals surface area (Å²) in [4.78, 5) is 0.828. The van der Waals surface area contributed by atoms with Gasteiger partial charge < -0.3 is 4.74 Å². The standard InChI is InChI=1S/C11H13N5OS/c1-2-4-12-6-9-15-16-10(8-3-5-17-7-8)13-14-11(16)18-9/h1,8,12H,3-7H2. The van der Waals surface area contributed by atoms with Crippen LogP contribution in [0.25, 0.3) is 4.96 Å². The Morgan fingerprint density at radius 1 is 1.56 bits per heavy atom. The molecule has 1 N–H and O–H groups in total. The molecule has 1 saturated heterocycles. The molecule has 94 valence electrons. The molecule has 1 aliphatic rings. The highest BCUT2D eigenvalue weighted by Crippen LogP contribution is 2.25. The van der Waals surface area contributed by atoms with Crippen molar-refractivity contribution in [1.29, 1.82) is 0 Å². The molecule has 1 unspecified atom stereocenters. The summed E-state index contributed by atoms with van der Waals surface area (Å²) >= 11 is 1.53. The normalized spacial score (nSPS) is 19.4. The molecule has 0 spiro atoms. The van der Waals surface area contributed by atoms with Crippen LogP contribution in [0.1, 0.15) is 23.2 Å². The van der Waals surface area contributed by atoms with Gasteiger partial charge in [0.05, 0.1) is 19.7 Å². The molecule has 3 rings (SSSR count). The van der Waals surface area contributed by atoms with Gasteiger partial charge in [0.1, 0.15) is 5.01 Å². The van der Waals surface area contributed by atoms with Crippen molar-refractivity contribution in [3.63, 3.8) is 0 Å². The van der Waals surface area contributed by atoms with E-state index < -0.39 is 0 Å². The second-order valence-electron chi connectivity index (χ2n) is 4.12. The molecule has 0 bridgehead atoms. The third-order valence-electron chi connectivity index (χ3n) is 2.85. The third-order valence-corrected chi connectivity index (χ3v) is 3.75. The number of nitrogens with zero attached hydrogens (tertiary/aromatic N) is 4. The van der Waals surface area contributed by atoms with Crippen LogP contribution in [0.5, 0.6) is 0 Å². The maximum absolute atomic E-state index is 5.38. The molecule has 3 heterocycles. The van der Waals surface area contributed by atoms with E-state index >= 15 is 0 Å². The Kier molecular flexibility index (Phi) is 3.23. The van der Waals surface area contributed by atoms with E-state index in [9.17, 15) is 0 Å². The van der Waals surface area contributed by atoms with E-state index in [1.54, 1.807) is 0 Å². The average molecular weight is 263 g/mol. The van der Waals surface area contributed by atoms with Gasteiger partial charge in [-0.15, -0.1) is 16.6 Å². The van der Waals surface area contributed by atoms with E-state index in [0.717, 1.165) is 28.8 Å². The van der Waals surface area contributed by atoms with Gasteiger partial charge in [-0.25, -0.2) is 0 Å². The molecule has 0 aromatic carbocycles. The molecule has 7 heteroatoms. The molecule has 0 saturated carbocycles. The van der Waals surface area contributed by atoms with Crippen molar-refractivity contribution < 1.29 is 4.74 Å². The number of rotatable bonds is 4. The molecule has 1 fully saturated rings. The van der Waals surface area contributed by atoms with E-state index in [0.29, 0.717) is 25.6 Å². The summed E-state index contributed by atoms with van der Waals surface area (Å²) in [6.07, 6.45) is 6.17. The number of terminal acetylenes is 1. The topological polar surface area (TPSA) is 64.3 Å². The summed E-state index contributed by atoms with van der Waals surface area (Å²) in [5, 5.41) is 17.0. The van der Waals surface area contributed by atoms with E-state index in [4.69, 9.17) is 11.2 Å². The average Bonchev–Trinajstić information content (AvgIpc) is 3.03. The minimum absolute atomic E-state index is 0.314. The molecule has 0 radical (unpaired) electrons. The van der Waals surface area contributed by atoms with E-state index in [2.05, 4.69) is 26.5 Å². The van der Waals surface area contributed by atoms with Crippen LogP contribution in [0.15, 0.2) is 0 Å². The molecular weight excluding hydrogens is 250 g/mol. The summed E-state index contributed by atoms with van der Waals surface area (Å²) in [7, 11) is 0. The van der Waals surface area contributed by atoms with Crippen LogP contribution in [-0.4, -0.2) is 39.6 Å².